The van der Waals surface area contributed by atoms with Crippen molar-refractivity contribution in [2.45, 2.75) is 156 Å². The van der Waals surface area contributed by atoms with Crippen molar-refractivity contribution in [2.24, 2.45) is 16.7 Å². The van der Waals surface area contributed by atoms with Gasteiger partial charge in [0.25, 0.3) is 5.91 Å². The fourth-order valence-electron chi connectivity index (χ4n) is 8.36. The third-order valence-electron chi connectivity index (χ3n) is 13.0. The molecule has 19 nitrogen and oxygen atoms in total. The van der Waals surface area contributed by atoms with Gasteiger partial charge in [0.15, 0.2) is 11.9 Å². The number of carbonyl (C=O) groups is 8. The lowest BCUT2D eigenvalue weighted by molar-refractivity contribution is -0.146. The Balaban J connectivity index is 0.000000965. The molecule has 71 heavy (non-hydrogen) atoms. The smallest absolute Gasteiger partial charge is 0.252 e. The summed E-state index contributed by atoms with van der Waals surface area (Å²) < 4.78 is 0. The SMILES string of the molecule is CC(=O)N[C@H](C)c1ccccc1.CN[C@@H](C)C(=O)N[C@H](C(=O)N1CC[C@H](NC(=O)[C@H](O)[C@@H](O)C(=O)C[C@H]2C[C@@H](C(=O)N[C@H](C)c3ccccc3)N(C(=O)[C@@H](NC(=O)[C@H](C)NC)C(C)(C)C)C2)C1)C(C)(C)C. The zero-order chi connectivity index (χ0) is 53.5. The summed E-state index contributed by atoms with van der Waals surface area (Å²) in [6, 6.07) is 14.2. The third-order valence-corrected chi connectivity index (χ3v) is 13.0. The number of aliphatic hydroxyl groups excluding tert-OH is 2. The molecule has 394 valence electrons. The maximum atomic E-state index is 14.3. The van der Waals surface area contributed by atoms with Crippen LogP contribution in [0.3, 0.4) is 0 Å². The standard InChI is InChI=1S/C42H68N8O9.C10H13NO/c1-23(27-15-13-12-14-16-27)45-37(56)29-19-26(21-50(29)40(59)34(42(7,8)9)48-36(55)25(3)44-11)20-30(51)31(52)32(53)38(57)46-28-17-18-49(22-28)39(58)33(41(4,5)6)47-35(54)24(2)43-10;1-8(11-9(2)12)10-6-4-3-5-7-10/h12-16,23-26,28-29,31-34,43-44,52-53H,17-22H2,1-11H3,(H,45,56)(H,46,57)(H,47,54)(H,48,55);3-8H,1-2H3,(H,11,12)/t23-,24+,25+,26-,28+,29+,31+,32-,33-,34-;8-/m11/s1. The van der Waals surface area contributed by atoms with Gasteiger partial charge < -0.3 is 57.2 Å². The van der Waals surface area contributed by atoms with Crippen LogP contribution in [0.25, 0.3) is 0 Å². The Kier molecular flexibility index (Phi) is 22.3. The predicted molar refractivity (Wildman–Crippen MR) is 270 cm³/mol. The number of Topliss-reactive ketones (excluding diaryl/α,β-unsaturated/α-hetero) is 1. The maximum Gasteiger partial charge on any atom is 0.252 e. The van der Waals surface area contributed by atoms with E-state index in [0.717, 1.165) is 11.1 Å². The van der Waals surface area contributed by atoms with Gasteiger partial charge in [-0.1, -0.05) is 102 Å². The number of hydrogen-bond acceptors (Lipinski definition) is 12. The molecule has 4 rings (SSSR count). The number of ketones is 1. The van der Waals surface area contributed by atoms with Gasteiger partial charge in [-0.05, 0) is 82.5 Å². The number of amides is 7. The molecule has 0 spiro atoms. The highest BCUT2D eigenvalue weighted by atomic mass is 16.3. The van der Waals surface area contributed by atoms with Crippen molar-refractivity contribution < 1.29 is 48.6 Å². The van der Waals surface area contributed by atoms with Gasteiger partial charge >= 0.3 is 0 Å². The Morgan fingerprint density at radius 3 is 1.55 bits per heavy atom. The summed E-state index contributed by atoms with van der Waals surface area (Å²) in [7, 11) is 3.26. The van der Waals surface area contributed by atoms with E-state index in [4.69, 9.17) is 0 Å². The minimum atomic E-state index is -2.13. The number of nitrogens with zero attached hydrogens (tertiary/aromatic N) is 2. The average Bonchev–Trinajstić information content (AvgIpc) is 3.98. The first-order valence-electron chi connectivity index (χ1n) is 24.5. The topological polar surface area (TPSA) is 268 Å². The summed E-state index contributed by atoms with van der Waals surface area (Å²) in [5, 5.41) is 41.5. The van der Waals surface area contributed by atoms with E-state index in [-0.39, 0.29) is 56.2 Å². The van der Waals surface area contributed by atoms with Gasteiger partial charge in [0.2, 0.25) is 35.4 Å². The zero-order valence-electron chi connectivity index (χ0n) is 43.9. The van der Waals surface area contributed by atoms with Crippen molar-refractivity contribution in [3.8, 4) is 0 Å². The molecule has 19 heteroatoms. The van der Waals surface area contributed by atoms with Crippen LogP contribution in [0.1, 0.15) is 119 Å². The fourth-order valence-corrected chi connectivity index (χ4v) is 8.36. The monoisotopic (exact) mass is 992 g/mol. The van der Waals surface area contributed by atoms with E-state index >= 15 is 0 Å². The molecule has 0 aromatic heterocycles. The second-order valence-corrected chi connectivity index (χ2v) is 21.1. The van der Waals surface area contributed by atoms with Crippen molar-refractivity contribution >= 4 is 47.1 Å². The molecule has 7 amide bonds. The number of benzene rings is 2. The lowest BCUT2D eigenvalue weighted by Gasteiger charge is -2.36. The highest BCUT2D eigenvalue weighted by molar-refractivity contribution is 5.95. The molecule has 0 unspecified atom stereocenters. The Morgan fingerprint density at radius 1 is 0.634 bits per heavy atom. The minimum absolute atomic E-state index is 0.00588. The predicted octanol–water partition coefficient (Wildman–Crippen LogP) is 1.64. The van der Waals surface area contributed by atoms with E-state index in [1.165, 1.54) is 16.7 Å². The first kappa shape index (κ1) is 59.5. The average molecular weight is 992 g/mol. The van der Waals surface area contributed by atoms with E-state index in [2.05, 4.69) is 37.2 Å². The van der Waals surface area contributed by atoms with Crippen molar-refractivity contribution in [3.63, 3.8) is 0 Å². The molecule has 2 aliphatic rings. The summed E-state index contributed by atoms with van der Waals surface area (Å²) in [4.78, 5) is 108. The molecule has 2 aromatic carbocycles. The van der Waals surface area contributed by atoms with Gasteiger partial charge in [0.05, 0.1) is 24.2 Å². The number of nitrogens with one attached hydrogen (secondary N) is 7. The number of carbonyl (C=O) groups excluding carboxylic acids is 8. The number of hydrogen-bond donors (Lipinski definition) is 9. The van der Waals surface area contributed by atoms with Crippen molar-refractivity contribution in [3.05, 3.63) is 71.8 Å². The van der Waals surface area contributed by atoms with Gasteiger partial charge in [-0.2, -0.15) is 0 Å². The van der Waals surface area contributed by atoms with Crippen molar-refractivity contribution in [2.75, 3.05) is 33.7 Å². The second-order valence-electron chi connectivity index (χ2n) is 21.1. The molecule has 2 heterocycles. The first-order valence-corrected chi connectivity index (χ1v) is 24.5. The second kappa shape index (κ2) is 26.6. The fraction of sp³-hybridized carbons (Fsp3) is 0.615. The largest absolute Gasteiger partial charge is 0.382 e. The molecule has 2 aromatic rings. The molecule has 9 N–H and O–H groups in total. The highest BCUT2D eigenvalue weighted by Gasteiger charge is 2.47. The number of aliphatic hydroxyl groups is 2. The van der Waals surface area contributed by atoms with E-state index in [0.29, 0.717) is 6.42 Å². The summed E-state index contributed by atoms with van der Waals surface area (Å²) in [5.41, 5.74) is 0.590. The quantitative estimate of drug-likeness (QED) is 0.0973. The van der Waals surface area contributed by atoms with Crippen LogP contribution in [-0.4, -0.2) is 149 Å². The van der Waals surface area contributed by atoms with Crippen LogP contribution < -0.4 is 37.2 Å². The van der Waals surface area contributed by atoms with E-state index in [9.17, 15) is 48.6 Å². The number of likely N-dealkylation sites (N-methyl/N-ethyl adjacent to an activating group) is 2. The van der Waals surface area contributed by atoms with Gasteiger partial charge in [0.1, 0.15) is 24.2 Å². The molecule has 11 atom stereocenters. The van der Waals surface area contributed by atoms with Crippen LogP contribution in [0.5, 0.6) is 0 Å². The highest BCUT2D eigenvalue weighted by Crippen LogP contribution is 2.32. The molecule has 2 saturated heterocycles. The maximum absolute atomic E-state index is 14.3. The molecule has 0 aliphatic carbocycles. The lowest BCUT2D eigenvalue weighted by Crippen LogP contribution is -2.59. The third kappa shape index (κ3) is 17.5. The van der Waals surface area contributed by atoms with Crippen molar-refractivity contribution in [1.82, 2.24) is 47.0 Å². The van der Waals surface area contributed by atoms with Gasteiger partial charge in [-0.25, -0.2) is 0 Å². The molecule has 0 bridgehead atoms. The number of likely N-dealkylation sites (tertiary alicyclic amines) is 2. The molecular weight excluding hydrogens is 911 g/mol. The Morgan fingerprint density at radius 2 is 1.10 bits per heavy atom. The van der Waals surface area contributed by atoms with Crippen molar-refractivity contribution in [1.29, 1.82) is 0 Å². The molecule has 2 fully saturated rings. The summed E-state index contributed by atoms with van der Waals surface area (Å²) in [6.45, 7) is 19.8. The Labute approximate surface area is 419 Å². The molecular formula is C52H81N9O10. The molecule has 0 radical (unpaired) electrons. The lowest BCUT2D eigenvalue weighted by atomic mass is 9.85. The Hall–Kier alpha value is -5.76. The van der Waals surface area contributed by atoms with Crippen LogP contribution in [0.15, 0.2) is 60.7 Å². The van der Waals surface area contributed by atoms with E-state index in [1.54, 1.807) is 48.7 Å². The summed E-state index contributed by atoms with van der Waals surface area (Å²) in [5.74, 6) is -4.51. The van der Waals surface area contributed by atoms with Crippen LogP contribution in [0.4, 0.5) is 0 Å². The normalized spacial score (nSPS) is 20.3. The van der Waals surface area contributed by atoms with Crippen LogP contribution in [0, 0.1) is 16.7 Å². The van der Waals surface area contributed by atoms with Crippen LogP contribution >= 0.6 is 0 Å². The molecule has 0 saturated carbocycles. The van der Waals surface area contributed by atoms with Crippen LogP contribution in [-0.2, 0) is 38.4 Å². The van der Waals surface area contributed by atoms with E-state index < -0.39 is 101 Å². The minimum Gasteiger partial charge on any atom is -0.382 e. The Bertz CT molecular complexity index is 2130. The summed E-state index contributed by atoms with van der Waals surface area (Å²) in [6.07, 6.45) is -4.20. The zero-order valence-corrected chi connectivity index (χ0v) is 43.9. The number of rotatable bonds is 19. The van der Waals surface area contributed by atoms with Crippen LogP contribution in [0.2, 0.25) is 0 Å². The van der Waals surface area contributed by atoms with E-state index in [1.807, 2.05) is 95.3 Å². The molecule has 2 aliphatic heterocycles. The van der Waals surface area contributed by atoms with Gasteiger partial charge in [-0.15, -0.1) is 0 Å². The van der Waals surface area contributed by atoms with Gasteiger partial charge in [-0.3, -0.25) is 38.4 Å². The summed E-state index contributed by atoms with van der Waals surface area (Å²) >= 11 is 0. The van der Waals surface area contributed by atoms with Gasteiger partial charge in [0, 0.05) is 39.0 Å². The first-order chi connectivity index (χ1) is 33.1.